The number of nitrogens with zero attached hydrogens (tertiary/aromatic N) is 1. The van der Waals surface area contributed by atoms with Gasteiger partial charge in [0.25, 0.3) is 0 Å². The molecule has 0 aliphatic heterocycles. The van der Waals surface area contributed by atoms with E-state index in [4.69, 9.17) is 11.6 Å². The van der Waals surface area contributed by atoms with E-state index >= 15 is 0 Å². The summed E-state index contributed by atoms with van der Waals surface area (Å²) in [7, 11) is 3.99. The third kappa shape index (κ3) is 3.65. The van der Waals surface area contributed by atoms with Gasteiger partial charge < -0.3 is 15.3 Å². The highest BCUT2D eigenvalue weighted by molar-refractivity contribution is 6.30. The Hall–Kier alpha value is -1.71. The number of nitrogens with one attached hydrogen (secondary N) is 1. The Kier molecular flexibility index (Phi) is 4.88. The molecule has 0 fully saturated rings. The topological polar surface area (TPSA) is 35.5 Å². The van der Waals surface area contributed by atoms with Crippen LogP contribution in [-0.2, 0) is 0 Å². The van der Waals surface area contributed by atoms with Gasteiger partial charge >= 0.3 is 0 Å². The van der Waals surface area contributed by atoms with Crippen LogP contribution in [0.1, 0.15) is 11.7 Å². The van der Waals surface area contributed by atoms with E-state index in [-0.39, 0.29) is 0 Å². The Morgan fingerprint density at radius 1 is 1.10 bits per heavy atom. The fourth-order valence-electron chi connectivity index (χ4n) is 2.02. The summed E-state index contributed by atoms with van der Waals surface area (Å²) >= 11 is 5.84. The number of benzene rings is 2. The van der Waals surface area contributed by atoms with Gasteiger partial charge in [-0.1, -0.05) is 35.9 Å². The number of hydrogen-bond acceptors (Lipinski definition) is 3. The maximum absolute atomic E-state index is 10.2. The van der Waals surface area contributed by atoms with Gasteiger partial charge in [0.15, 0.2) is 0 Å². The van der Waals surface area contributed by atoms with Crippen LogP contribution in [0.2, 0.25) is 5.02 Å². The first kappa shape index (κ1) is 14.7. The minimum atomic E-state index is -0.567. The highest BCUT2D eigenvalue weighted by Crippen LogP contribution is 2.24. The third-order valence-electron chi connectivity index (χ3n) is 3.13. The first-order chi connectivity index (χ1) is 9.58. The van der Waals surface area contributed by atoms with Crippen LogP contribution >= 0.6 is 11.6 Å². The molecule has 2 rings (SSSR count). The molecule has 0 heterocycles. The van der Waals surface area contributed by atoms with Gasteiger partial charge in [0.2, 0.25) is 0 Å². The zero-order valence-electron chi connectivity index (χ0n) is 11.7. The van der Waals surface area contributed by atoms with Crippen molar-refractivity contribution in [2.45, 2.75) is 6.10 Å². The molecule has 3 nitrogen and oxygen atoms in total. The molecule has 1 atom stereocenters. The molecule has 0 amide bonds. The monoisotopic (exact) mass is 290 g/mol. The minimum absolute atomic E-state index is 0.451. The molecule has 0 saturated carbocycles. The fourth-order valence-corrected chi connectivity index (χ4v) is 2.15. The molecule has 0 aliphatic carbocycles. The van der Waals surface area contributed by atoms with Crippen molar-refractivity contribution in [1.29, 1.82) is 0 Å². The van der Waals surface area contributed by atoms with Gasteiger partial charge in [0.1, 0.15) is 0 Å². The normalized spacial score (nSPS) is 12.0. The Bertz CT molecular complexity index is 555. The first-order valence-electron chi connectivity index (χ1n) is 6.51. The molecule has 2 N–H and O–H groups in total. The SMILES string of the molecule is CN(C)c1ccccc1NCC(O)c1ccc(Cl)cc1. The maximum atomic E-state index is 10.2. The second-order valence-corrected chi connectivity index (χ2v) is 5.30. The Morgan fingerprint density at radius 2 is 1.75 bits per heavy atom. The third-order valence-corrected chi connectivity index (χ3v) is 3.38. The second-order valence-electron chi connectivity index (χ2n) is 4.86. The van der Waals surface area contributed by atoms with Gasteiger partial charge in [-0.25, -0.2) is 0 Å². The number of hydrogen-bond donors (Lipinski definition) is 2. The predicted octanol–water partition coefficient (Wildman–Crippen LogP) is 3.55. The second kappa shape index (κ2) is 6.64. The van der Waals surface area contributed by atoms with E-state index in [1.807, 2.05) is 55.4 Å². The number of para-hydroxylation sites is 2. The number of anilines is 2. The molecule has 20 heavy (non-hydrogen) atoms. The Balaban J connectivity index is 2.03. The van der Waals surface area contributed by atoms with Crippen LogP contribution in [0.25, 0.3) is 0 Å². The number of aliphatic hydroxyl groups excluding tert-OH is 1. The summed E-state index contributed by atoms with van der Waals surface area (Å²) in [4.78, 5) is 2.04. The van der Waals surface area contributed by atoms with Crippen molar-refractivity contribution in [2.75, 3.05) is 30.9 Å². The van der Waals surface area contributed by atoms with Gasteiger partial charge in [-0.2, -0.15) is 0 Å². The van der Waals surface area contributed by atoms with Crippen LogP contribution in [0, 0.1) is 0 Å². The van der Waals surface area contributed by atoms with Crippen molar-refractivity contribution < 1.29 is 5.11 Å². The van der Waals surface area contributed by atoms with Crippen molar-refractivity contribution in [2.24, 2.45) is 0 Å². The highest BCUT2D eigenvalue weighted by Gasteiger charge is 2.09. The number of rotatable bonds is 5. The van der Waals surface area contributed by atoms with Crippen molar-refractivity contribution in [3.05, 3.63) is 59.1 Å². The van der Waals surface area contributed by atoms with Crippen molar-refractivity contribution in [3.63, 3.8) is 0 Å². The summed E-state index contributed by atoms with van der Waals surface area (Å²) in [6.07, 6.45) is -0.567. The molecule has 106 valence electrons. The van der Waals surface area contributed by atoms with Crippen LogP contribution in [0.3, 0.4) is 0 Å². The average Bonchev–Trinajstić information content (AvgIpc) is 2.45. The molecule has 2 aromatic rings. The Labute approximate surface area is 124 Å². The van der Waals surface area contributed by atoms with E-state index in [9.17, 15) is 5.11 Å². The van der Waals surface area contributed by atoms with Gasteiger partial charge in [0, 0.05) is 25.7 Å². The number of halogens is 1. The minimum Gasteiger partial charge on any atom is -0.387 e. The van der Waals surface area contributed by atoms with Crippen LogP contribution in [0.15, 0.2) is 48.5 Å². The molecular weight excluding hydrogens is 272 g/mol. The highest BCUT2D eigenvalue weighted by atomic mass is 35.5. The summed E-state index contributed by atoms with van der Waals surface area (Å²) < 4.78 is 0. The standard InChI is InChI=1S/C16H19ClN2O/c1-19(2)15-6-4-3-5-14(15)18-11-16(20)12-7-9-13(17)10-8-12/h3-10,16,18,20H,11H2,1-2H3. The summed E-state index contributed by atoms with van der Waals surface area (Å²) in [6, 6.07) is 15.3. The van der Waals surface area contributed by atoms with Crippen LogP contribution < -0.4 is 10.2 Å². The van der Waals surface area contributed by atoms with Gasteiger partial charge in [-0.3, -0.25) is 0 Å². The summed E-state index contributed by atoms with van der Waals surface area (Å²) in [5.74, 6) is 0. The predicted molar refractivity (Wildman–Crippen MR) is 85.7 cm³/mol. The number of aliphatic hydroxyl groups is 1. The van der Waals surface area contributed by atoms with E-state index in [0.29, 0.717) is 11.6 Å². The molecular formula is C16H19ClN2O. The summed E-state index contributed by atoms with van der Waals surface area (Å²) in [5.41, 5.74) is 2.95. The molecule has 0 bridgehead atoms. The quantitative estimate of drug-likeness (QED) is 0.884. The van der Waals surface area contributed by atoms with E-state index in [1.54, 1.807) is 12.1 Å². The molecule has 2 aromatic carbocycles. The van der Waals surface area contributed by atoms with Crippen LogP contribution in [0.4, 0.5) is 11.4 Å². The maximum Gasteiger partial charge on any atom is 0.0962 e. The molecule has 0 saturated heterocycles. The van der Waals surface area contributed by atoms with Crippen LogP contribution in [0.5, 0.6) is 0 Å². The van der Waals surface area contributed by atoms with E-state index in [2.05, 4.69) is 5.32 Å². The zero-order chi connectivity index (χ0) is 14.5. The van der Waals surface area contributed by atoms with Crippen molar-refractivity contribution >= 4 is 23.0 Å². The molecule has 1 unspecified atom stereocenters. The van der Waals surface area contributed by atoms with E-state index in [1.165, 1.54) is 0 Å². The molecule has 0 aliphatic rings. The lowest BCUT2D eigenvalue weighted by Gasteiger charge is -2.20. The van der Waals surface area contributed by atoms with Crippen molar-refractivity contribution in [3.8, 4) is 0 Å². The largest absolute Gasteiger partial charge is 0.387 e. The lowest BCUT2D eigenvalue weighted by Crippen LogP contribution is -2.16. The molecule has 0 aromatic heterocycles. The lowest BCUT2D eigenvalue weighted by atomic mass is 10.1. The smallest absolute Gasteiger partial charge is 0.0962 e. The fraction of sp³-hybridized carbons (Fsp3) is 0.250. The van der Waals surface area contributed by atoms with Gasteiger partial charge in [-0.15, -0.1) is 0 Å². The van der Waals surface area contributed by atoms with Gasteiger partial charge in [-0.05, 0) is 29.8 Å². The van der Waals surface area contributed by atoms with E-state index in [0.717, 1.165) is 16.9 Å². The first-order valence-corrected chi connectivity index (χ1v) is 6.89. The van der Waals surface area contributed by atoms with Crippen molar-refractivity contribution in [1.82, 2.24) is 0 Å². The van der Waals surface area contributed by atoms with E-state index < -0.39 is 6.10 Å². The summed E-state index contributed by atoms with van der Waals surface area (Å²) in [6.45, 7) is 0.451. The molecule has 4 heteroatoms. The summed E-state index contributed by atoms with van der Waals surface area (Å²) in [5, 5.41) is 14.1. The average molecular weight is 291 g/mol. The lowest BCUT2D eigenvalue weighted by molar-refractivity contribution is 0.191. The zero-order valence-corrected chi connectivity index (χ0v) is 12.4. The molecule has 0 spiro atoms. The molecule has 0 radical (unpaired) electrons. The van der Waals surface area contributed by atoms with Gasteiger partial charge in [0.05, 0.1) is 17.5 Å². The Morgan fingerprint density at radius 3 is 2.40 bits per heavy atom. The van der Waals surface area contributed by atoms with Crippen LogP contribution in [-0.4, -0.2) is 25.7 Å².